The summed E-state index contributed by atoms with van der Waals surface area (Å²) in [5.41, 5.74) is -0.917. The fourth-order valence-electron chi connectivity index (χ4n) is 1.43. The van der Waals surface area contributed by atoms with Gasteiger partial charge in [0.15, 0.2) is 0 Å². The van der Waals surface area contributed by atoms with E-state index in [1.807, 2.05) is 25.9 Å². The highest BCUT2D eigenvalue weighted by atomic mass is 16.2. The van der Waals surface area contributed by atoms with E-state index in [0.29, 0.717) is 12.3 Å². The molecular formula is C13H25N3O. The molecule has 4 nitrogen and oxygen atoms in total. The van der Waals surface area contributed by atoms with E-state index < -0.39 is 5.41 Å². The first-order valence-electron chi connectivity index (χ1n) is 6.13. The molecule has 0 spiro atoms. The molecule has 0 saturated heterocycles. The average molecular weight is 239 g/mol. The van der Waals surface area contributed by atoms with Crippen LogP contribution < -0.4 is 5.32 Å². The second kappa shape index (κ2) is 6.61. The largest absolute Gasteiger partial charge is 0.350 e. The molecule has 0 radical (unpaired) electrons. The summed E-state index contributed by atoms with van der Waals surface area (Å²) < 4.78 is 0. The second-order valence-corrected chi connectivity index (χ2v) is 5.38. The number of hydrogen-bond donors (Lipinski definition) is 1. The molecule has 4 heteroatoms. The summed E-state index contributed by atoms with van der Waals surface area (Å²) in [6.07, 6.45) is 0.530. The maximum absolute atomic E-state index is 12.1. The van der Waals surface area contributed by atoms with Gasteiger partial charge in [-0.3, -0.25) is 4.79 Å². The molecule has 0 aliphatic heterocycles. The number of rotatable bonds is 6. The van der Waals surface area contributed by atoms with Crippen molar-refractivity contribution in [1.82, 2.24) is 10.2 Å². The van der Waals surface area contributed by atoms with Crippen LogP contribution in [0.2, 0.25) is 0 Å². The Morgan fingerprint density at radius 3 is 2.29 bits per heavy atom. The fraction of sp³-hybridized carbons (Fsp3) is 0.846. The van der Waals surface area contributed by atoms with Crippen LogP contribution in [0.3, 0.4) is 0 Å². The number of nitrogens with zero attached hydrogens (tertiary/aromatic N) is 2. The standard InChI is InChI=1S/C13H25N3O/c1-7-13(4,9-14)12(17)15-11(10(2)3)8-16(5)6/h10-11H,7-8H2,1-6H3,(H,15,17). The Hall–Kier alpha value is -1.08. The Bertz CT molecular complexity index is 294. The first-order chi connectivity index (χ1) is 7.76. The highest BCUT2D eigenvalue weighted by Gasteiger charge is 2.33. The van der Waals surface area contributed by atoms with Crippen LogP contribution in [0, 0.1) is 22.7 Å². The molecule has 98 valence electrons. The Morgan fingerprint density at radius 2 is 2.00 bits per heavy atom. The van der Waals surface area contributed by atoms with Crippen LogP contribution in [0.5, 0.6) is 0 Å². The van der Waals surface area contributed by atoms with Crippen LogP contribution in [-0.4, -0.2) is 37.5 Å². The maximum atomic E-state index is 12.1. The molecule has 1 N–H and O–H groups in total. The molecule has 1 amide bonds. The van der Waals surface area contributed by atoms with E-state index in [0.717, 1.165) is 6.54 Å². The quantitative estimate of drug-likeness (QED) is 0.766. The molecule has 0 heterocycles. The first kappa shape index (κ1) is 15.9. The lowest BCUT2D eigenvalue weighted by molar-refractivity contribution is -0.128. The Balaban J connectivity index is 4.67. The molecule has 0 rings (SSSR count). The third-order valence-electron chi connectivity index (χ3n) is 3.14. The minimum atomic E-state index is -0.917. The molecule has 2 unspecified atom stereocenters. The molecule has 0 aliphatic rings. The zero-order chi connectivity index (χ0) is 13.6. The van der Waals surface area contributed by atoms with Gasteiger partial charge < -0.3 is 10.2 Å². The van der Waals surface area contributed by atoms with E-state index in [2.05, 4.69) is 25.2 Å². The maximum Gasteiger partial charge on any atom is 0.240 e. The minimum Gasteiger partial charge on any atom is -0.350 e. The lowest BCUT2D eigenvalue weighted by Crippen LogP contribution is -2.49. The highest BCUT2D eigenvalue weighted by molar-refractivity contribution is 5.85. The van der Waals surface area contributed by atoms with E-state index >= 15 is 0 Å². The van der Waals surface area contributed by atoms with E-state index in [1.54, 1.807) is 6.92 Å². The Kier molecular flexibility index (Phi) is 6.19. The van der Waals surface area contributed by atoms with Crippen LogP contribution in [0.25, 0.3) is 0 Å². The number of carbonyl (C=O) groups excluding carboxylic acids is 1. The van der Waals surface area contributed by atoms with Gasteiger partial charge in [0.25, 0.3) is 0 Å². The number of amides is 1. The van der Waals surface area contributed by atoms with Crippen molar-refractivity contribution in [2.24, 2.45) is 11.3 Å². The third kappa shape index (κ3) is 4.74. The van der Waals surface area contributed by atoms with Crippen molar-refractivity contribution in [2.45, 2.75) is 40.2 Å². The third-order valence-corrected chi connectivity index (χ3v) is 3.14. The van der Waals surface area contributed by atoms with Gasteiger partial charge in [0.1, 0.15) is 5.41 Å². The molecule has 2 atom stereocenters. The van der Waals surface area contributed by atoms with Gasteiger partial charge in [-0.25, -0.2) is 0 Å². The lowest BCUT2D eigenvalue weighted by atomic mass is 9.87. The van der Waals surface area contributed by atoms with E-state index in [4.69, 9.17) is 5.26 Å². The van der Waals surface area contributed by atoms with Crippen molar-refractivity contribution in [1.29, 1.82) is 5.26 Å². The molecule has 0 aromatic heterocycles. The summed E-state index contributed by atoms with van der Waals surface area (Å²) in [4.78, 5) is 14.1. The number of hydrogen-bond acceptors (Lipinski definition) is 3. The van der Waals surface area contributed by atoms with Crippen LogP contribution in [0.4, 0.5) is 0 Å². The van der Waals surface area contributed by atoms with Crippen LogP contribution in [0.1, 0.15) is 34.1 Å². The van der Waals surface area contributed by atoms with Crippen LogP contribution in [0.15, 0.2) is 0 Å². The summed E-state index contributed by atoms with van der Waals surface area (Å²) in [5, 5.41) is 12.1. The summed E-state index contributed by atoms with van der Waals surface area (Å²) in [7, 11) is 3.95. The smallest absolute Gasteiger partial charge is 0.240 e. The van der Waals surface area contributed by atoms with Gasteiger partial charge in [0.2, 0.25) is 5.91 Å². The summed E-state index contributed by atoms with van der Waals surface area (Å²) >= 11 is 0. The van der Waals surface area contributed by atoms with Crippen molar-refractivity contribution in [3.63, 3.8) is 0 Å². The number of nitriles is 1. The van der Waals surface area contributed by atoms with Crippen molar-refractivity contribution in [2.75, 3.05) is 20.6 Å². The van der Waals surface area contributed by atoms with Crippen molar-refractivity contribution >= 4 is 5.91 Å². The van der Waals surface area contributed by atoms with E-state index in [1.165, 1.54) is 0 Å². The lowest BCUT2D eigenvalue weighted by Gasteiger charge is -2.29. The molecule has 0 saturated carbocycles. The van der Waals surface area contributed by atoms with Crippen LogP contribution >= 0.6 is 0 Å². The first-order valence-corrected chi connectivity index (χ1v) is 6.13. The number of likely N-dealkylation sites (N-methyl/N-ethyl adjacent to an activating group) is 1. The molecule has 0 aromatic carbocycles. The van der Waals surface area contributed by atoms with E-state index in [-0.39, 0.29) is 11.9 Å². The molecule has 0 aliphatic carbocycles. The van der Waals surface area contributed by atoms with Gasteiger partial charge in [-0.1, -0.05) is 20.8 Å². The van der Waals surface area contributed by atoms with Gasteiger partial charge >= 0.3 is 0 Å². The van der Waals surface area contributed by atoms with Crippen molar-refractivity contribution in [3.8, 4) is 6.07 Å². The number of carbonyl (C=O) groups is 1. The van der Waals surface area contributed by atoms with Gasteiger partial charge in [-0.15, -0.1) is 0 Å². The minimum absolute atomic E-state index is 0.0803. The van der Waals surface area contributed by atoms with Crippen LogP contribution in [-0.2, 0) is 4.79 Å². The monoisotopic (exact) mass is 239 g/mol. The normalized spacial score (nSPS) is 16.4. The predicted octanol–water partition coefficient (Wildman–Crippen LogP) is 1.63. The molecular weight excluding hydrogens is 214 g/mol. The second-order valence-electron chi connectivity index (χ2n) is 5.38. The topological polar surface area (TPSA) is 56.1 Å². The van der Waals surface area contributed by atoms with Crippen molar-refractivity contribution in [3.05, 3.63) is 0 Å². The summed E-state index contributed by atoms with van der Waals surface area (Å²) in [6.45, 7) is 8.48. The Morgan fingerprint density at radius 1 is 1.47 bits per heavy atom. The molecule has 0 bridgehead atoms. The summed E-state index contributed by atoms with van der Waals surface area (Å²) in [5.74, 6) is 0.184. The highest BCUT2D eigenvalue weighted by Crippen LogP contribution is 2.20. The van der Waals surface area contributed by atoms with Gasteiger partial charge in [0.05, 0.1) is 6.07 Å². The van der Waals surface area contributed by atoms with Gasteiger partial charge in [-0.2, -0.15) is 5.26 Å². The zero-order valence-corrected chi connectivity index (χ0v) is 11.9. The zero-order valence-electron chi connectivity index (χ0n) is 11.9. The molecule has 0 aromatic rings. The van der Waals surface area contributed by atoms with Crippen molar-refractivity contribution < 1.29 is 4.79 Å². The van der Waals surface area contributed by atoms with Gasteiger partial charge in [0, 0.05) is 12.6 Å². The average Bonchev–Trinajstić information content (AvgIpc) is 2.26. The fourth-order valence-corrected chi connectivity index (χ4v) is 1.43. The van der Waals surface area contributed by atoms with Gasteiger partial charge in [-0.05, 0) is 33.4 Å². The molecule has 17 heavy (non-hydrogen) atoms. The van der Waals surface area contributed by atoms with E-state index in [9.17, 15) is 4.79 Å². The Labute approximate surface area is 105 Å². The number of nitrogens with one attached hydrogen (secondary N) is 1. The predicted molar refractivity (Wildman–Crippen MR) is 69.3 cm³/mol. The molecule has 0 fully saturated rings. The SMILES string of the molecule is CCC(C)(C#N)C(=O)NC(CN(C)C)C(C)C. The summed E-state index contributed by atoms with van der Waals surface area (Å²) in [6, 6.07) is 2.18.